The molecule has 6 nitrogen and oxygen atoms in total. The fraction of sp³-hybridized carbons (Fsp3) is 0.150. The van der Waals surface area contributed by atoms with Crippen molar-refractivity contribution in [1.29, 1.82) is 0 Å². The van der Waals surface area contributed by atoms with E-state index >= 15 is 0 Å². The molecule has 4 rings (SSSR count). The Hall–Kier alpha value is -3.12. The van der Waals surface area contributed by atoms with Gasteiger partial charge in [0.2, 0.25) is 5.89 Å². The van der Waals surface area contributed by atoms with Gasteiger partial charge in [-0.25, -0.2) is 4.79 Å². The molecular formula is C20H15ClN2O4. The molecular weight excluding hydrogens is 368 g/mol. The zero-order chi connectivity index (χ0) is 18.8. The number of benzene rings is 2. The molecule has 0 bridgehead atoms. The van der Waals surface area contributed by atoms with Gasteiger partial charge in [0.25, 0.3) is 5.89 Å². The predicted octanol–water partition coefficient (Wildman–Crippen LogP) is 4.64. The van der Waals surface area contributed by atoms with Crippen LogP contribution in [0.1, 0.15) is 18.4 Å². The van der Waals surface area contributed by atoms with Crippen LogP contribution < -0.4 is 10.4 Å². The van der Waals surface area contributed by atoms with Crippen LogP contribution in [0.25, 0.3) is 22.4 Å². The number of nitrogens with zero attached hydrogens (tertiary/aromatic N) is 2. The van der Waals surface area contributed by atoms with E-state index in [1.807, 2.05) is 31.2 Å². The predicted molar refractivity (Wildman–Crippen MR) is 101 cm³/mol. The number of hydrogen-bond acceptors (Lipinski definition) is 6. The quantitative estimate of drug-likeness (QED) is 0.468. The van der Waals surface area contributed by atoms with E-state index < -0.39 is 0 Å². The highest BCUT2D eigenvalue weighted by atomic mass is 35.5. The lowest BCUT2D eigenvalue weighted by molar-refractivity contribution is 0.264. The van der Waals surface area contributed by atoms with Crippen molar-refractivity contribution in [3.8, 4) is 17.2 Å². The molecule has 4 aromatic rings. The van der Waals surface area contributed by atoms with E-state index in [2.05, 4.69) is 10.2 Å². The number of aromatic nitrogens is 2. The maximum atomic E-state index is 11.7. The van der Waals surface area contributed by atoms with Crippen LogP contribution in [0.15, 0.2) is 62.2 Å². The van der Waals surface area contributed by atoms with Crippen molar-refractivity contribution in [2.45, 2.75) is 20.0 Å². The minimum absolute atomic E-state index is 0.0840. The van der Waals surface area contributed by atoms with Crippen molar-refractivity contribution in [3.05, 3.63) is 75.4 Å². The highest BCUT2D eigenvalue weighted by Gasteiger charge is 2.12. The second kappa shape index (κ2) is 7.25. The van der Waals surface area contributed by atoms with Gasteiger partial charge in [-0.15, -0.1) is 10.2 Å². The van der Waals surface area contributed by atoms with Gasteiger partial charge in [-0.2, -0.15) is 0 Å². The Kier molecular flexibility index (Phi) is 4.64. The maximum absolute atomic E-state index is 11.7. The Morgan fingerprint density at radius 1 is 1.07 bits per heavy atom. The molecule has 0 aliphatic rings. The van der Waals surface area contributed by atoms with Gasteiger partial charge in [-0.1, -0.05) is 30.7 Å². The standard InChI is InChI=1S/C20H15ClN2O4/c1-2-12-9-19(24)26-17-10-13(7-8-14(12)17)25-11-18-22-23-20(27-18)15-5-3-4-6-16(15)21/h3-10H,2,11H2,1H3. The van der Waals surface area contributed by atoms with Gasteiger partial charge in [0, 0.05) is 17.5 Å². The lowest BCUT2D eigenvalue weighted by atomic mass is 10.1. The monoisotopic (exact) mass is 382 g/mol. The van der Waals surface area contributed by atoms with Crippen molar-refractivity contribution in [2.24, 2.45) is 0 Å². The summed E-state index contributed by atoms with van der Waals surface area (Å²) in [5.74, 6) is 1.18. The van der Waals surface area contributed by atoms with Crippen molar-refractivity contribution in [2.75, 3.05) is 0 Å². The Bertz CT molecular complexity index is 1170. The molecule has 0 unspecified atom stereocenters. The summed E-state index contributed by atoms with van der Waals surface area (Å²) in [7, 11) is 0. The number of halogens is 1. The normalized spacial score (nSPS) is 11.0. The Balaban J connectivity index is 1.54. The maximum Gasteiger partial charge on any atom is 0.336 e. The second-order valence-electron chi connectivity index (χ2n) is 5.87. The number of ether oxygens (including phenoxy) is 1. The average molecular weight is 383 g/mol. The van der Waals surface area contributed by atoms with E-state index in [-0.39, 0.29) is 12.2 Å². The first-order valence-electron chi connectivity index (χ1n) is 8.41. The van der Waals surface area contributed by atoms with E-state index in [1.165, 1.54) is 6.07 Å². The van der Waals surface area contributed by atoms with Gasteiger partial charge in [0.1, 0.15) is 11.3 Å². The van der Waals surface area contributed by atoms with Crippen LogP contribution in [0.3, 0.4) is 0 Å². The molecule has 0 saturated heterocycles. The third-order valence-electron chi connectivity index (χ3n) is 4.12. The molecule has 0 amide bonds. The lowest BCUT2D eigenvalue weighted by Crippen LogP contribution is -2.00. The number of aryl methyl sites for hydroxylation is 1. The van der Waals surface area contributed by atoms with Crippen LogP contribution in [0.4, 0.5) is 0 Å². The van der Waals surface area contributed by atoms with E-state index in [9.17, 15) is 4.79 Å². The van der Waals surface area contributed by atoms with E-state index in [0.717, 1.165) is 17.4 Å². The Labute approximate surface area is 159 Å². The fourth-order valence-electron chi connectivity index (χ4n) is 2.79. The average Bonchev–Trinajstić information content (AvgIpc) is 3.14. The molecule has 2 heterocycles. The third-order valence-corrected chi connectivity index (χ3v) is 4.45. The SMILES string of the molecule is CCc1cc(=O)oc2cc(OCc3nnc(-c4ccccc4Cl)o3)ccc12. The van der Waals surface area contributed by atoms with Crippen molar-refractivity contribution < 1.29 is 13.6 Å². The van der Waals surface area contributed by atoms with Crippen LogP contribution in [0, 0.1) is 0 Å². The van der Waals surface area contributed by atoms with Crippen LogP contribution >= 0.6 is 11.6 Å². The first kappa shape index (κ1) is 17.3. The molecule has 0 fully saturated rings. The summed E-state index contributed by atoms with van der Waals surface area (Å²) in [5.41, 5.74) is 1.71. The molecule has 0 aliphatic carbocycles. The molecule has 0 radical (unpaired) electrons. The summed E-state index contributed by atoms with van der Waals surface area (Å²) in [6, 6.07) is 14.1. The summed E-state index contributed by atoms with van der Waals surface area (Å²) in [6.45, 7) is 2.07. The van der Waals surface area contributed by atoms with Gasteiger partial charge in [0.15, 0.2) is 6.61 Å². The molecule has 2 aromatic carbocycles. The van der Waals surface area contributed by atoms with Crippen molar-refractivity contribution in [3.63, 3.8) is 0 Å². The Morgan fingerprint density at radius 3 is 2.74 bits per heavy atom. The molecule has 0 spiro atoms. The molecule has 0 atom stereocenters. The van der Waals surface area contributed by atoms with Gasteiger partial charge in [-0.05, 0) is 36.2 Å². The number of fused-ring (bicyclic) bond motifs is 1. The zero-order valence-corrected chi connectivity index (χ0v) is 15.2. The van der Waals surface area contributed by atoms with Crippen molar-refractivity contribution in [1.82, 2.24) is 10.2 Å². The van der Waals surface area contributed by atoms with Crippen LogP contribution in [-0.4, -0.2) is 10.2 Å². The summed E-state index contributed by atoms with van der Waals surface area (Å²) in [4.78, 5) is 11.7. The molecule has 27 heavy (non-hydrogen) atoms. The molecule has 136 valence electrons. The summed E-state index contributed by atoms with van der Waals surface area (Å²) < 4.78 is 16.6. The van der Waals surface area contributed by atoms with Crippen LogP contribution in [0.2, 0.25) is 5.02 Å². The summed E-state index contributed by atoms with van der Waals surface area (Å²) in [5, 5.41) is 9.41. The molecule has 0 aliphatic heterocycles. The zero-order valence-electron chi connectivity index (χ0n) is 14.4. The van der Waals surface area contributed by atoms with Crippen LogP contribution in [0.5, 0.6) is 5.75 Å². The highest BCUT2D eigenvalue weighted by molar-refractivity contribution is 6.33. The Morgan fingerprint density at radius 2 is 1.93 bits per heavy atom. The first-order valence-corrected chi connectivity index (χ1v) is 8.78. The van der Waals surface area contributed by atoms with Crippen molar-refractivity contribution >= 4 is 22.6 Å². The summed E-state index contributed by atoms with van der Waals surface area (Å²) in [6.07, 6.45) is 0.745. The first-order chi connectivity index (χ1) is 13.1. The topological polar surface area (TPSA) is 78.4 Å². The number of hydrogen-bond donors (Lipinski definition) is 0. The summed E-state index contributed by atoms with van der Waals surface area (Å²) >= 11 is 6.14. The molecule has 0 saturated carbocycles. The smallest absolute Gasteiger partial charge is 0.336 e. The molecule has 7 heteroatoms. The van der Waals surface area contributed by atoms with Gasteiger partial charge < -0.3 is 13.6 Å². The minimum atomic E-state index is -0.377. The molecule has 0 N–H and O–H groups in total. The largest absolute Gasteiger partial charge is 0.484 e. The van der Waals surface area contributed by atoms with Crippen LogP contribution in [-0.2, 0) is 13.0 Å². The lowest BCUT2D eigenvalue weighted by Gasteiger charge is -2.06. The van der Waals surface area contributed by atoms with Gasteiger partial charge >= 0.3 is 5.63 Å². The van der Waals surface area contributed by atoms with Gasteiger partial charge in [0.05, 0.1) is 10.6 Å². The fourth-order valence-corrected chi connectivity index (χ4v) is 3.01. The molecule has 2 aromatic heterocycles. The minimum Gasteiger partial charge on any atom is -0.484 e. The van der Waals surface area contributed by atoms with E-state index in [1.54, 1.807) is 18.2 Å². The van der Waals surface area contributed by atoms with Gasteiger partial charge in [-0.3, -0.25) is 0 Å². The van der Waals surface area contributed by atoms with E-state index in [4.69, 9.17) is 25.2 Å². The number of rotatable bonds is 5. The highest BCUT2D eigenvalue weighted by Crippen LogP contribution is 2.27. The third kappa shape index (κ3) is 3.57. The second-order valence-corrected chi connectivity index (χ2v) is 6.28. The van der Waals surface area contributed by atoms with E-state index in [0.29, 0.717) is 33.7 Å².